The van der Waals surface area contributed by atoms with Crippen LogP contribution in [0.25, 0.3) is 0 Å². The van der Waals surface area contributed by atoms with Gasteiger partial charge in [0.05, 0.1) is 76.8 Å². The topological polar surface area (TPSA) is 358 Å². The van der Waals surface area contributed by atoms with E-state index in [0.29, 0.717) is 51.4 Å². The third kappa shape index (κ3) is 60.5. The van der Waals surface area contributed by atoms with Crippen molar-refractivity contribution in [2.75, 3.05) is 65.9 Å². The number of aliphatic hydroxyl groups is 2. The van der Waals surface area contributed by atoms with Crippen LogP contribution in [0, 0.1) is 0 Å². The van der Waals surface area contributed by atoms with Crippen molar-refractivity contribution >= 4 is 51.2 Å². The van der Waals surface area contributed by atoms with Crippen LogP contribution < -0.4 is 21.3 Å². The monoisotopic (exact) mass is 1600 g/mol. The Labute approximate surface area is 656 Å². The van der Waals surface area contributed by atoms with Gasteiger partial charge in [-0.3, -0.25) is 46.9 Å². The van der Waals surface area contributed by atoms with Crippen molar-refractivity contribution in [3.8, 4) is 0 Å². The fraction of sp³-hybridized carbons (Fsp3) is 0.877. The van der Waals surface area contributed by atoms with E-state index < -0.39 is 132 Å². The second kappa shape index (κ2) is 67.6. The van der Waals surface area contributed by atoms with Crippen LogP contribution in [0.5, 0.6) is 0 Å². The van der Waals surface area contributed by atoms with Crippen molar-refractivity contribution < 1.29 is 104 Å². The number of carbonyl (C=O) groups excluding carboxylic acids is 6. The molecule has 638 valence electrons. The number of aliphatic hydroxyl groups excluding tert-OH is 2. The molecule has 1 fully saturated rings. The minimum Gasteiger partial charge on any atom is -0.462 e. The van der Waals surface area contributed by atoms with Crippen LogP contribution in [0.1, 0.15) is 338 Å². The SMILES string of the molecule is CCCCCCC=CCCCC(=O)O[C@H](CCCCCCC)CC(=O)NC(COCC[C@H](O)CCCCCCC)COP(=O)(O)OCCNC(=O)[C@H]1OC(C)(C)O[C@H]1C(=O)NCCOP(=O)(O)OCC(COCC[C@H](O)CCCCCCC)NC(=O)C[C@@H](CCCCCCC)OC(=O)CCCC=CCCCCCC. The zero-order chi connectivity index (χ0) is 80.5. The first-order valence-corrected chi connectivity index (χ1v) is 45.3. The van der Waals surface area contributed by atoms with E-state index in [2.05, 4.69) is 87.1 Å². The summed E-state index contributed by atoms with van der Waals surface area (Å²) >= 11 is 0. The number of rotatable bonds is 76. The molecule has 1 saturated heterocycles. The normalized spacial score (nSPS) is 17.1. The maximum Gasteiger partial charge on any atom is 0.472 e. The lowest BCUT2D eigenvalue weighted by molar-refractivity contribution is -0.159. The summed E-state index contributed by atoms with van der Waals surface area (Å²) in [5, 5.41) is 31.9. The fourth-order valence-corrected chi connectivity index (χ4v) is 13.8. The van der Waals surface area contributed by atoms with Gasteiger partial charge in [0.1, 0.15) is 12.2 Å². The first kappa shape index (κ1) is 103. The molecule has 0 bridgehead atoms. The number of hydrogen-bond acceptors (Lipinski definition) is 20. The summed E-state index contributed by atoms with van der Waals surface area (Å²) in [6.07, 6.45) is 39.9. The van der Waals surface area contributed by atoms with Crippen LogP contribution in [-0.4, -0.2) is 176 Å². The Morgan fingerprint density at radius 3 is 1.06 bits per heavy atom. The molecule has 0 spiro atoms. The lowest BCUT2D eigenvalue weighted by atomic mass is 10.1. The molecule has 0 aromatic heterocycles. The largest absolute Gasteiger partial charge is 0.472 e. The Morgan fingerprint density at radius 2 is 0.716 bits per heavy atom. The molecule has 1 aliphatic heterocycles. The lowest BCUT2D eigenvalue weighted by Gasteiger charge is -2.23. The Kier molecular flexibility index (Phi) is 64.1. The highest BCUT2D eigenvalue weighted by atomic mass is 31.2. The zero-order valence-electron chi connectivity index (χ0n) is 68.6. The average molecular weight is 1600 g/mol. The molecule has 1 rings (SSSR count). The maximum absolute atomic E-state index is 13.7. The molecule has 4 amide bonds. The van der Waals surface area contributed by atoms with Crippen molar-refractivity contribution in [3.05, 3.63) is 24.3 Å². The summed E-state index contributed by atoms with van der Waals surface area (Å²) in [5.74, 6) is -4.91. The molecule has 10 atom stereocenters. The highest BCUT2D eigenvalue weighted by molar-refractivity contribution is 7.47. The van der Waals surface area contributed by atoms with E-state index in [1.165, 1.54) is 52.4 Å². The van der Waals surface area contributed by atoms with E-state index in [9.17, 15) is 57.9 Å². The number of amides is 4. The van der Waals surface area contributed by atoms with Gasteiger partial charge >= 0.3 is 27.6 Å². The quantitative estimate of drug-likeness (QED) is 0.0121. The third-order valence-corrected chi connectivity index (χ3v) is 20.6. The fourth-order valence-electron chi connectivity index (χ4n) is 12.3. The number of hydrogen-bond donors (Lipinski definition) is 8. The number of allylic oxidation sites excluding steroid dienone is 4. The van der Waals surface area contributed by atoms with Crippen LogP contribution in [0.2, 0.25) is 0 Å². The Balaban J connectivity index is 3.04. The van der Waals surface area contributed by atoms with Crippen molar-refractivity contribution in [2.45, 2.75) is 392 Å². The Bertz CT molecular complexity index is 2320. The number of unbranched alkanes of at least 4 members (excludes halogenated alkanes) is 26. The molecular formula is C81H152N4O22P2. The number of esters is 2. The van der Waals surface area contributed by atoms with E-state index in [1.807, 2.05) is 0 Å². The van der Waals surface area contributed by atoms with Gasteiger partial charge in [-0.25, -0.2) is 9.13 Å². The minimum atomic E-state index is -4.87. The maximum atomic E-state index is 13.7. The first-order valence-electron chi connectivity index (χ1n) is 42.4. The molecule has 1 aliphatic rings. The van der Waals surface area contributed by atoms with Crippen LogP contribution in [0.15, 0.2) is 24.3 Å². The van der Waals surface area contributed by atoms with Crippen molar-refractivity contribution in [2.24, 2.45) is 0 Å². The zero-order valence-corrected chi connectivity index (χ0v) is 70.4. The third-order valence-electron chi connectivity index (χ3n) is 18.6. The number of nitrogens with one attached hydrogen (secondary N) is 4. The Hall–Kier alpha value is -3.72. The van der Waals surface area contributed by atoms with Gasteiger partial charge in [0.15, 0.2) is 18.0 Å². The predicted molar refractivity (Wildman–Crippen MR) is 426 cm³/mol. The van der Waals surface area contributed by atoms with Crippen molar-refractivity contribution in [1.82, 2.24) is 21.3 Å². The molecule has 1 heterocycles. The first-order chi connectivity index (χ1) is 52.4. The van der Waals surface area contributed by atoms with Gasteiger partial charge in [0.25, 0.3) is 11.8 Å². The van der Waals surface area contributed by atoms with E-state index in [4.69, 9.17) is 46.5 Å². The highest BCUT2D eigenvalue weighted by Gasteiger charge is 2.49. The van der Waals surface area contributed by atoms with E-state index in [1.54, 1.807) is 0 Å². The number of ether oxygens (including phenoxy) is 6. The predicted octanol–water partition coefficient (Wildman–Crippen LogP) is 16.0. The lowest BCUT2D eigenvalue weighted by Crippen LogP contribution is -2.48. The van der Waals surface area contributed by atoms with E-state index >= 15 is 0 Å². The summed E-state index contributed by atoms with van der Waals surface area (Å²) in [5.41, 5.74) is 0. The van der Waals surface area contributed by atoms with Gasteiger partial charge in [-0.05, 0) is 117 Å². The number of phosphoric acid groups is 2. The molecule has 0 aliphatic carbocycles. The second-order valence-corrected chi connectivity index (χ2v) is 32.6. The molecule has 0 aromatic rings. The summed E-state index contributed by atoms with van der Waals surface area (Å²) in [6, 6.07) is -1.96. The number of phosphoric ester groups is 2. The van der Waals surface area contributed by atoms with Gasteiger partial charge in [-0.15, -0.1) is 0 Å². The summed E-state index contributed by atoms with van der Waals surface area (Å²) < 4.78 is 82.9. The molecule has 0 radical (unpaired) electrons. The summed E-state index contributed by atoms with van der Waals surface area (Å²) in [6.45, 7) is 12.8. The molecular weight excluding hydrogens is 1440 g/mol. The van der Waals surface area contributed by atoms with Crippen LogP contribution in [0.3, 0.4) is 0 Å². The molecule has 0 saturated carbocycles. The van der Waals surface area contributed by atoms with Crippen LogP contribution in [-0.2, 0) is 84.4 Å². The van der Waals surface area contributed by atoms with Crippen LogP contribution in [0.4, 0.5) is 0 Å². The van der Waals surface area contributed by atoms with Gasteiger partial charge < -0.3 is 69.7 Å². The van der Waals surface area contributed by atoms with Gasteiger partial charge in [0, 0.05) is 39.1 Å². The molecule has 4 unspecified atom stereocenters. The van der Waals surface area contributed by atoms with Crippen LogP contribution >= 0.6 is 15.6 Å². The summed E-state index contributed by atoms with van der Waals surface area (Å²) in [7, 11) is -9.74. The van der Waals surface area contributed by atoms with Crippen molar-refractivity contribution in [1.29, 1.82) is 0 Å². The van der Waals surface area contributed by atoms with Gasteiger partial charge in [0.2, 0.25) is 11.8 Å². The Morgan fingerprint density at radius 1 is 0.404 bits per heavy atom. The second-order valence-electron chi connectivity index (χ2n) is 29.7. The molecule has 28 heteroatoms. The number of carbonyl (C=O) groups is 6. The molecule has 0 aromatic carbocycles. The highest BCUT2D eigenvalue weighted by Crippen LogP contribution is 2.44. The van der Waals surface area contributed by atoms with E-state index in [0.717, 1.165) is 167 Å². The van der Waals surface area contributed by atoms with Gasteiger partial charge in [-0.2, -0.15) is 0 Å². The molecule has 26 nitrogen and oxygen atoms in total. The van der Waals surface area contributed by atoms with E-state index in [-0.39, 0.29) is 65.2 Å². The van der Waals surface area contributed by atoms with Gasteiger partial charge in [-0.1, -0.05) is 220 Å². The molecule has 8 N–H and O–H groups in total. The minimum absolute atomic E-state index is 0.132. The molecule has 109 heavy (non-hydrogen) atoms. The average Bonchev–Trinajstić information content (AvgIpc) is 1.66. The standard InChI is InChI=1S/C81H152N4O22P2/c1-9-15-21-27-29-31-33-39-45-51-75(90)104-71(49-43-37-25-19-13-5)61-73(88)84-67(63-98-57-53-69(86)47-41-35-23-17-11-3)65-102-108(94,95)100-59-55-82-79(92)77-78(107-81(7,8)106-77)80(93)83-56-60-101-109(96,97)103-66-68(64-99-58-54-70(87)48-42-36-24-18-12-4)85-74(89)62-72(50-44-38-26-20-14-6)105-76(91)52-46-40-34-32-30-28-22-16-10-2/h31-34,67-72,77-78,86-87H,9-30,35-66H2,1-8H3,(H,82,92)(H,83,93)(H,84,88)(H,85,89)(H,94,95)(H,96,97)/t67?,68?,69-,70-,71-,72-,77-,78+/m1/s1. The van der Waals surface area contributed by atoms with Crippen molar-refractivity contribution in [3.63, 3.8) is 0 Å². The smallest absolute Gasteiger partial charge is 0.462 e. The summed E-state index contributed by atoms with van der Waals surface area (Å²) in [4.78, 5) is 103.